The van der Waals surface area contributed by atoms with Gasteiger partial charge < -0.3 is 9.47 Å². The standard InChI is InChI=1S/C10H11FO2S/c1-14-5-8-3-9(11)2-7-4-12-6-13-10(7)8/h2-3H,4-6H2,1H3. The van der Waals surface area contributed by atoms with Crippen LogP contribution in [-0.2, 0) is 17.1 Å². The molecule has 1 aliphatic rings. The summed E-state index contributed by atoms with van der Waals surface area (Å²) in [5.41, 5.74) is 1.72. The second-order valence-electron chi connectivity index (χ2n) is 3.10. The first kappa shape index (κ1) is 9.80. The summed E-state index contributed by atoms with van der Waals surface area (Å²) in [6, 6.07) is 3.00. The van der Waals surface area contributed by atoms with Gasteiger partial charge in [0.1, 0.15) is 11.6 Å². The normalized spacial score (nSPS) is 14.7. The van der Waals surface area contributed by atoms with Crippen LogP contribution in [0.15, 0.2) is 12.1 Å². The molecule has 0 unspecified atom stereocenters. The molecule has 0 aliphatic carbocycles. The Hall–Kier alpha value is -0.740. The Kier molecular flexibility index (Phi) is 2.93. The first-order valence-electron chi connectivity index (χ1n) is 4.32. The third-order valence-corrected chi connectivity index (χ3v) is 2.65. The van der Waals surface area contributed by atoms with Gasteiger partial charge in [0.25, 0.3) is 0 Å². The fraction of sp³-hybridized carbons (Fsp3) is 0.400. The Labute approximate surface area is 86.4 Å². The monoisotopic (exact) mass is 214 g/mol. The lowest BCUT2D eigenvalue weighted by Crippen LogP contribution is -2.13. The molecule has 76 valence electrons. The van der Waals surface area contributed by atoms with Gasteiger partial charge in [-0.05, 0) is 18.4 Å². The summed E-state index contributed by atoms with van der Waals surface area (Å²) < 4.78 is 23.6. The summed E-state index contributed by atoms with van der Waals surface area (Å²) in [7, 11) is 0. The molecule has 2 rings (SSSR count). The number of halogens is 1. The minimum absolute atomic E-state index is 0.220. The quantitative estimate of drug-likeness (QED) is 0.753. The van der Waals surface area contributed by atoms with Crippen molar-refractivity contribution in [1.82, 2.24) is 0 Å². The Morgan fingerprint density at radius 3 is 3.14 bits per heavy atom. The largest absolute Gasteiger partial charge is 0.467 e. The molecule has 0 bridgehead atoms. The van der Waals surface area contributed by atoms with E-state index in [0.29, 0.717) is 6.61 Å². The number of thioether (sulfide) groups is 1. The highest BCUT2D eigenvalue weighted by atomic mass is 32.2. The van der Waals surface area contributed by atoms with Gasteiger partial charge in [0, 0.05) is 16.9 Å². The fourth-order valence-corrected chi connectivity index (χ4v) is 2.04. The van der Waals surface area contributed by atoms with Gasteiger partial charge in [0.05, 0.1) is 6.61 Å². The zero-order valence-electron chi connectivity index (χ0n) is 7.88. The zero-order valence-corrected chi connectivity index (χ0v) is 8.70. The molecule has 0 N–H and O–H groups in total. The molecule has 0 radical (unpaired) electrons. The maximum absolute atomic E-state index is 13.2. The topological polar surface area (TPSA) is 18.5 Å². The van der Waals surface area contributed by atoms with Crippen molar-refractivity contribution in [2.75, 3.05) is 13.0 Å². The third-order valence-electron chi connectivity index (χ3n) is 2.05. The number of hydrogen-bond acceptors (Lipinski definition) is 3. The summed E-state index contributed by atoms with van der Waals surface area (Å²) in [4.78, 5) is 0. The second kappa shape index (κ2) is 4.19. The molecule has 1 aromatic rings. The van der Waals surface area contributed by atoms with Crippen LogP contribution in [0.4, 0.5) is 4.39 Å². The molecule has 0 saturated heterocycles. The summed E-state index contributed by atoms with van der Waals surface area (Å²) in [6.07, 6.45) is 1.98. The van der Waals surface area contributed by atoms with E-state index in [1.54, 1.807) is 11.8 Å². The number of rotatable bonds is 2. The van der Waals surface area contributed by atoms with Crippen LogP contribution in [0, 0.1) is 5.82 Å². The molecule has 1 aromatic carbocycles. The summed E-state index contributed by atoms with van der Waals surface area (Å²) in [6.45, 7) is 0.703. The average molecular weight is 214 g/mol. The molecule has 1 aliphatic heterocycles. The van der Waals surface area contributed by atoms with E-state index in [0.717, 1.165) is 22.6 Å². The van der Waals surface area contributed by atoms with E-state index in [1.165, 1.54) is 12.1 Å². The van der Waals surface area contributed by atoms with Crippen molar-refractivity contribution in [3.63, 3.8) is 0 Å². The minimum Gasteiger partial charge on any atom is -0.467 e. The van der Waals surface area contributed by atoms with Gasteiger partial charge in [-0.1, -0.05) is 0 Å². The molecular weight excluding hydrogens is 203 g/mol. The number of benzene rings is 1. The van der Waals surface area contributed by atoms with Crippen LogP contribution in [0.5, 0.6) is 5.75 Å². The van der Waals surface area contributed by atoms with Crippen LogP contribution in [0.3, 0.4) is 0 Å². The predicted molar refractivity (Wildman–Crippen MR) is 53.9 cm³/mol. The van der Waals surface area contributed by atoms with E-state index in [-0.39, 0.29) is 12.6 Å². The SMILES string of the molecule is CSCc1cc(F)cc2c1OCOC2. The maximum atomic E-state index is 13.2. The van der Waals surface area contributed by atoms with Gasteiger partial charge in [0.2, 0.25) is 0 Å². The van der Waals surface area contributed by atoms with Crippen molar-refractivity contribution in [2.45, 2.75) is 12.4 Å². The molecule has 2 nitrogen and oxygen atoms in total. The van der Waals surface area contributed by atoms with Crippen molar-refractivity contribution in [1.29, 1.82) is 0 Å². The smallest absolute Gasteiger partial charge is 0.189 e. The van der Waals surface area contributed by atoms with Crippen LogP contribution in [0.25, 0.3) is 0 Å². The van der Waals surface area contributed by atoms with Crippen molar-refractivity contribution >= 4 is 11.8 Å². The van der Waals surface area contributed by atoms with Gasteiger partial charge in [-0.25, -0.2) is 4.39 Å². The third kappa shape index (κ3) is 1.86. The molecule has 0 spiro atoms. The second-order valence-corrected chi connectivity index (χ2v) is 3.96. The van der Waals surface area contributed by atoms with Crippen molar-refractivity contribution in [3.05, 3.63) is 29.1 Å². The number of fused-ring (bicyclic) bond motifs is 1. The summed E-state index contributed by atoms with van der Waals surface area (Å²) in [5, 5.41) is 0. The molecule has 0 atom stereocenters. The van der Waals surface area contributed by atoms with Crippen molar-refractivity contribution in [2.24, 2.45) is 0 Å². The van der Waals surface area contributed by atoms with Gasteiger partial charge in [0.15, 0.2) is 6.79 Å². The fourth-order valence-electron chi connectivity index (χ4n) is 1.52. The maximum Gasteiger partial charge on any atom is 0.189 e. The predicted octanol–water partition coefficient (Wildman–Crippen LogP) is 2.56. The molecule has 4 heteroatoms. The van der Waals surface area contributed by atoms with Crippen molar-refractivity contribution in [3.8, 4) is 5.75 Å². The Morgan fingerprint density at radius 1 is 1.50 bits per heavy atom. The highest BCUT2D eigenvalue weighted by molar-refractivity contribution is 7.97. The first-order valence-corrected chi connectivity index (χ1v) is 5.71. The van der Waals surface area contributed by atoms with Gasteiger partial charge in [-0.3, -0.25) is 0 Å². The average Bonchev–Trinajstić information content (AvgIpc) is 2.18. The first-order chi connectivity index (χ1) is 6.81. The zero-order chi connectivity index (χ0) is 9.97. The van der Waals surface area contributed by atoms with Gasteiger partial charge in [-0.2, -0.15) is 11.8 Å². The van der Waals surface area contributed by atoms with Crippen LogP contribution < -0.4 is 4.74 Å². The Morgan fingerprint density at radius 2 is 2.36 bits per heavy atom. The Bertz CT molecular complexity index is 341. The van der Waals surface area contributed by atoms with Crippen LogP contribution in [-0.4, -0.2) is 13.0 Å². The van der Waals surface area contributed by atoms with E-state index in [9.17, 15) is 4.39 Å². The molecular formula is C10H11FO2S. The van der Waals surface area contributed by atoms with E-state index in [4.69, 9.17) is 9.47 Å². The van der Waals surface area contributed by atoms with Gasteiger partial charge >= 0.3 is 0 Å². The summed E-state index contributed by atoms with van der Waals surface area (Å²) in [5.74, 6) is 1.34. The molecule has 1 heterocycles. The lowest BCUT2D eigenvalue weighted by molar-refractivity contribution is -0.0171. The minimum atomic E-state index is -0.220. The molecule has 14 heavy (non-hydrogen) atoms. The Balaban J connectivity index is 2.41. The van der Waals surface area contributed by atoms with Crippen LogP contribution in [0.1, 0.15) is 11.1 Å². The van der Waals surface area contributed by atoms with Crippen LogP contribution >= 0.6 is 11.8 Å². The van der Waals surface area contributed by atoms with Gasteiger partial charge in [-0.15, -0.1) is 0 Å². The van der Waals surface area contributed by atoms with E-state index in [2.05, 4.69) is 0 Å². The highest BCUT2D eigenvalue weighted by Gasteiger charge is 2.16. The highest BCUT2D eigenvalue weighted by Crippen LogP contribution is 2.31. The lowest BCUT2D eigenvalue weighted by Gasteiger charge is -2.20. The molecule has 0 aromatic heterocycles. The number of hydrogen-bond donors (Lipinski definition) is 0. The molecule has 0 fully saturated rings. The molecule has 0 amide bonds. The number of ether oxygens (including phenoxy) is 2. The van der Waals surface area contributed by atoms with Crippen molar-refractivity contribution < 1.29 is 13.9 Å². The van der Waals surface area contributed by atoms with E-state index < -0.39 is 0 Å². The summed E-state index contributed by atoms with van der Waals surface area (Å²) >= 11 is 1.65. The van der Waals surface area contributed by atoms with E-state index >= 15 is 0 Å². The van der Waals surface area contributed by atoms with E-state index in [1.807, 2.05) is 6.26 Å². The lowest BCUT2D eigenvalue weighted by atomic mass is 10.1. The molecule has 0 saturated carbocycles. The van der Waals surface area contributed by atoms with Crippen LogP contribution in [0.2, 0.25) is 0 Å².